The zero-order valence-electron chi connectivity index (χ0n) is 52.7. The summed E-state index contributed by atoms with van der Waals surface area (Å²) in [7, 11) is -40.5. The summed E-state index contributed by atoms with van der Waals surface area (Å²) in [5.41, 5.74) is -43.6. The van der Waals surface area contributed by atoms with Crippen molar-refractivity contribution in [1.29, 1.82) is 0 Å². The Hall–Kier alpha value is -7.44. The Kier molecular flexibility index (Phi) is 23.2. The van der Waals surface area contributed by atoms with Gasteiger partial charge in [-0.15, -0.1) is 0 Å². The Morgan fingerprint density at radius 1 is 0.225 bits per heavy atom. The van der Waals surface area contributed by atoms with Crippen LogP contribution in [0.1, 0.15) is 182 Å². The first-order chi connectivity index (χ1) is 46.6. The van der Waals surface area contributed by atoms with Crippen molar-refractivity contribution in [2.45, 2.75) is 149 Å². The predicted octanol–water partition coefficient (Wildman–Crippen LogP) is 16.6. The molecule has 1 aliphatic carbocycles. The summed E-state index contributed by atoms with van der Waals surface area (Å²) in [6.45, 7) is 7.52. The van der Waals surface area contributed by atoms with E-state index in [0.717, 1.165) is 72.8 Å². The number of hydrogen-bond donors (Lipinski definition) is 0. The molecule has 0 saturated carbocycles. The molecule has 102 heavy (non-hydrogen) atoms. The molecule has 18 nitrogen and oxygen atoms in total. The fourth-order valence-electron chi connectivity index (χ4n) is 11.6. The van der Waals surface area contributed by atoms with Crippen LogP contribution in [0.5, 0.6) is 34.5 Å². The van der Waals surface area contributed by atoms with Crippen LogP contribution < -0.4 is 25.1 Å². The van der Waals surface area contributed by atoms with Gasteiger partial charge in [0.2, 0.25) is 0 Å². The number of benzene rings is 6. The van der Waals surface area contributed by atoms with Crippen LogP contribution in [0.4, 0.5) is 79.0 Å². The van der Waals surface area contributed by atoms with Crippen molar-refractivity contribution in [1.82, 2.24) is 0 Å². The summed E-state index contributed by atoms with van der Waals surface area (Å²) in [5.74, 6) is -17.5. The lowest BCUT2D eigenvalue weighted by Crippen LogP contribution is -2.29. The molecule has 6 atom stereocenters. The van der Waals surface area contributed by atoms with E-state index in [2.05, 4.69) is 25.1 Å². The highest BCUT2D eigenvalue weighted by atomic mass is 32.2. The van der Waals surface area contributed by atoms with Gasteiger partial charge in [-0.05, 0) is 108 Å². The van der Waals surface area contributed by atoms with Gasteiger partial charge in [-0.3, -0.25) is 0 Å². The lowest BCUT2D eigenvalue weighted by Gasteiger charge is -2.28. The van der Waals surface area contributed by atoms with E-state index in [4.69, 9.17) is 0 Å². The van der Waals surface area contributed by atoms with Crippen molar-refractivity contribution < 1.29 is 155 Å². The molecule has 42 heteroatoms. The third-order valence-corrected chi connectivity index (χ3v) is 22.0. The van der Waals surface area contributed by atoms with Crippen LogP contribution in [0.3, 0.4) is 0 Å². The van der Waals surface area contributed by atoms with Crippen molar-refractivity contribution in [3.05, 3.63) is 176 Å². The molecule has 0 saturated heterocycles. The molecular weight excluding hydrogens is 1540 g/mol. The Bertz CT molecular complexity index is 4080. The van der Waals surface area contributed by atoms with Gasteiger partial charge in [0.05, 0.1) is 0 Å². The van der Waals surface area contributed by atoms with Crippen LogP contribution in [0, 0.1) is 0 Å². The van der Waals surface area contributed by atoms with Crippen molar-refractivity contribution in [2.75, 3.05) is 0 Å². The van der Waals surface area contributed by atoms with E-state index >= 15 is 0 Å². The number of alkyl halides is 18. The topological polar surface area (TPSA) is 260 Å². The Labute approximate surface area is 571 Å². The SMILES string of the molecule is CC[C@@H]1c2ccc(OS(=O)(=O)C(F)(F)F)c(c2)[C@@H](CC)c2ccc(OS(=O)(=O)C(F)(F)F)c(c2)[C@H](CC)c2ccc(OS(=O)(=O)C(F)(F)F)c(c2)[C@@H](CC)c2ccc(OS(=O)(=O)C(F)(F)F)c(c2)[C@H](CC)c2ccc(OS(=O)(=O)C(F)(F)F)c(c2)[C@@H](CC)c2ccc(OS(=O)(=O)C(F)(F)F)c1c2. The van der Waals surface area contributed by atoms with Gasteiger partial charge in [0, 0.05) is 68.9 Å². The molecule has 0 heterocycles. The fraction of sp³-hybridized carbons (Fsp3) is 0.400. The quantitative estimate of drug-likeness (QED) is 0.0440. The third-order valence-electron chi connectivity index (χ3n) is 16.2. The molecule has 7 rings (SSSR count). The maximum Gasteiger partial charge on any atom is 0.534 e. The summed E-state index contributed by atoms with van der Waals surface area (Å²) in [6.07, 6.45) is -2.95. The molecule has 0 aromatic heterocycles. The van der Waals surface area contributed by atoms with E-state index in [9.17, 15) is 130 Å². The molecule has 0 radical (unpaired) electrons. The first-order valence-electron chi connectivity index (χ1n) is 29.4. The van der Waals surface area contributed by atoms with E-state index in [1.165, 1.54) is 41.5 Å². The van der Waals surface area contributed by atoms with Crippen LogP contribution in [0.25, 0.3) is 0 Å². The Balaban J connectivity index is 1.76. The molecule has 0 aliphatic heterocycles. The van der Waals surface area contributed by atoms with Gasteiger partial charge < -0.3 is 25.1 Å². The number of fused-ring (bicyclic) bond motifs is 12. The van der Waals surface area contributed by atoms with Gasteiger partial charge in [0.1, 0.15) is 34.5 Å². The minimum absolute atomic E-state index is 0.353. The predicted molar refractivity (Wildman–Crippen MR) is 325 cm³/mol. The van der Waals surface area contributed by atoms with Crippen LogP contribution in [-0.4, -0.2) is 83.6 Å². The van der Waals surface area contributed by atoms with Gasteiger partial charge in [-0.2, -0.15) is 130 Å². The van der Waals surface area contributed by atoms with Crippen LogP contribution >= 0.6 is 0 Å². The van der Waals surface area contributed by atoms with Gasteiger partial charge in [-0.25, -0.2) is 0 Å². The van der Waals surface area contributed by atoms with E-state index in [0.29, 0.717) is 36.4 Å². The molecule has 0 unspecified atom stereocenters. The number of halogens is 18. The zero-order valence-corrected chi connectivity index (χ0v) is 57.6. The highest BCUT2D eigenvalue weighted by Gasteiger charge is 2.54. The molecule has 564 valence electrons. The van der Waals surface area contributed by atoms with Gasteiger partial charge in [-0.1, -0.05) is 114 Å². The number of rotatable bonds is 18. The molecule has 0 spiro atoms. The average Bonchev–Trinajstić information content (AvgIpc) is 0.765. The van der Waals surface area contributed by atoms with Gasteiger partial charge in [0.25, 0.3) is 0 Å². The first-order valence-corrected chi connectivity index (χ1v) is 37.9. The van der Waals surface area contributed by atoms with E-state index in [-0.39, 0.29) is 33.4 Å². The monoisotopic (exact) mass is 1600 g/mol. The van der Waals surface area contributed by atoms with E-state index in [1.54, 1.807) is 0 Å². The van der Waals surface area contributed by atoms with Crippen molar-refractivity contribution in [3.63, 3.8) is 0 Å². The molecule has 12 bridgehead atoms. The molecule has 6 aromatic carbocycles. The maximum atomic E-state index is 14.3. The second-order valence-corrected chi connectivity index (χ2v) is 31.7. The zero-order chi connectivity index (χ0) is 77.1. The van der Waals surface area contributed by atoms with Crippen molar-refractivity contribution in [2.24, 2.45) is 0 Å². The smallest absolute Gasteiger partial charge is 0.376 e. The summed E-state index contributed by atoms with van der Waals surface area (Å²) in [4.78, 5) is 0. The highest BCUT2D eigenvalue weighted by Crippen LogP contribution is 2.51. The fourth-order valence-corrected chi connectivity index (χ4v) is 14.5. The standard InChI is InChI=1S/C60H54F18O18S6/c1-7-37-31-13-19-50(92-98(81,82)56(64,65)66)44(25-31)39(9-3)33-15-21-52(94-100(85,86)58(70,71)72)46(27-33)41(11-5)35-17-23-54(96-102(89,90)60(76,77)78)48(29-35)42(12-6)36-18-24-53(95-101(87,88)59(73,74)75)47(30-36)40(10-4)34-16-22-51(93-99(83,84)57(67,68)69)45(28-34)38(8-2)32-14-20-49(43(37)26-32)91-97(79,80)55(61,62)63/h13-30,37-42H,7-12H2,1-6H3/t37-,38+,39+,40-,41-,42+. The highest BCUT2D eigenvalue weighted by molar-refractivity contribution is 7.89. The Morgan fingerprint density at radius 2 is 0.333 bits per heavy atom. The average molecular weight is 1600 g/mol. The second kappa shape index (κ2) is 28.9. The molecule has 6 aromatic rings. The third kappa shape index (κ3) is 16.9. The Morgan fingerprint density at radius 3 is 0.422 bits per heavy atom. The molecular formula is C60H54F18O18S6. The van der Waals surface area contributed by atoms with Gasteiger partial charge >= 0.3 is 93.8 Å². The van der Waals surface area contributed by atoms with Crippen molar-refractivity contribution >= 4 is 60.7 Å². The summed E-state index contributed by atoms with van der Waals surface area (Å²) < 4.78 is 441. The van der Waals surface area contributed by atoms with Crippen molar-refractivity contribution in [3.8, 4) is 34.5 Å². The lowest BCUT2D eigenvalue weighted by molar-refractivity contribution is -0.0505. The lowest BCUT2D eigenvalue weighted by atomic mass is 9.78. The largest absolute Gasteiger partial charge is 0.534 e. The second-order valence-electron chi connectivity index (χ2n) is 22.4. The molecule has 1 aliphatic rings. The molecule has 0 N–H and O–H groups in total. The van der Waals surface area contributed by atoms with Crippen LogP contribution in [0.15, 0.2) is 109 Å². The number of hydrogen-bond acceptors (Lipinski definition) is 18. The maximum absolute atomic E-state index is 14.3. The minimum Gasteiger partial charge on any atom is -0.376 e. The first kappa shape index (κ1) is 81.9. The summed E-state index contributed by atoms with van der Waals surface area (Å²) >= 11 is 0. The summed E-state index contributed by atoms with van der Waals surface area (Å²) in [5, 5.41) is 0. The van der Waals surface area contributed by atoms with E-state index in [1.807, 2.05) is 0 Å². The van der Waals surface area contributed by atoms with E-state index < -0.39 is 236 Å². The van der Waals surface area contributed by atoms with Crippen LogP contribution in [-0.2, 0) is 60.7 Å². The normalized spacial score (nSPS) is 18.7. The minimum atomic E-state index is -6.75. The summed E-state index contributed by atoms with van der Waals surface area (Å²) in [6, 6.07) is 13.4. The molecule has 0 amide bonds. The van der Waals surface area contributed by atoms with Gasteiger partial charge in [0.15, 0.2) is 0 Å². The molecule has 0 fully saturated rings. The van der Waals surface area contributed by atoms with Crippen LogP contribution in [0.2, 0.25) is 0 Å².